The molecule has 0 bridgehead atoms. The molecule has 0 spiro atoms. The number of ether oxygens (including phenoxy) is 12. The molecule has 20 nitrogen and oxygen atoms in total. The molecule has 0 saturated heterocycles. The maximum atomic E-state index is 12.5. The average Bonchev–Trinajstić information content (AvgIpc) is 3.24. The van der Waals surface area contributed by atoms with E-state index in [-0.39, 0.29) is 25.5 Å². The van der Waals surface area contributed by atoms with Crippen LogP contribution in [0.4, 0.5) is 0 Å². The number of hydrogen-bond donors (Lipinski definition) is 3. The lowest BCUT2D eigenvalue weighted by Gasteiger charge is -2.30. The van der Waals surface area contributed by atoms with Crippen LogP contribution in [0.15, 0.2) is 0 Å². The zero-order valence-corrected chi connectivity index (χ0v) is 40.3. The molecule has 1 amide bonds. The summed E-state index contributed by atoms with van der Waals surface area (Å²) >= 11 is 0. The van der Waals surface area contributed by atoms with Crippen LogP contribution in [0, 0.1) is 0 Å². The van der Waals surface area contributed by atoms with Crippen molar-refractivity contribution in [1.82, 2.24) is 5.32 Å². The van der Waals surface area contributed by atoms with Gasteiger partial charge in [0.15, 0.2) is 6.54 Å². The highest BCUT2D eigenvalue weighted by Crippen LogP contribution is 2.17. The van der Waals surface area contributed by atoms with E-state index in [1.54, 1.807) is 0 Å². The summed E-state index contributed by atoms with van der Waals surface area (Å²) in [4.78, 5) is 22.8. The van der Waals surface area contributed by atoms with Gasteiger partial charge in [-0.15, -0.1) is 0 Å². The quantitative estimate of drug-likeness (QED) is 0.0452. The minimum absolute atomic E-state index is 0.0120. The second-order valence-corrected chi connectivity index (χ2v) is 17.2. The van der Waals surface area contributed by atoms with E-state index in [1.807, 2.05) is 14.1 Å². The summed E-state index contributed by atoms with van der Waals surface area (Å²) in [6.07, 6.45) is 8.33. The Bertz CT molecular complexity index is 1140. The maximum absolute atomic E-state index is 12.5. The molecule has 0 radical (unpaired) electrons. The lowest BCUT2D eigenvalue weighted by molar-refractivity contribution is -0.882. The van der Waals surface area contributed by atoms with E-state index in [0.29, 0.717) is 182 Å². The summed E-state index contributed by atoms with van der Waals surface area (Å²) in [7, 11) is -0.371. The second kappa shape index (κ2) is 46.4. The first-order chi connectivity index (χ1) is 31.0. The number of nitrogens with zero attached hydrogens (tertiary/aromatic N) is 1. The molecule has 64 heavy (non-hydrogen) atoms. The van der Waals surface area contributed by atoms with Crippen molar-refractivity contribution in [3.05, 3.63) is 0 Å². The summed E-state index contributed by atoms with van der Waals surface area (Å²) < 4.78 is 99.3. The Morgan fingerprint density at radius 1 is 0.484 bits per heavy atom. The number of amides is 1. The van der Waals surface area contributed by atoms with Crippen LogP contribution >= 0.6 is 0 Å². The van der Waals surface area contributed by atoms with Gasteiger partial charge in [-0.3, -0.25) is 14.1 Å². The first-order valence-corrected chi connectivity index (χ1v) is 24.7. The standard InChI is InChI=1S/C43H86N2O18S/c1-4-5-6-7-8-9-10-11-41(64(49,50)51)12-15-45(2,3)40-42(46)44-14-17-53-19-21-55-23-25-57-27-29-59-31-33-61-35-37-63-39-38-62-36-34-60-32-30-58-28-26-56-24-22-54-20-18-52-16-13-43(47)48/h41H,4-40H2,1-3H3,(H2-,44,46,47,48,49,50,51)/p+1. The minimum Gasteiger partial charge on any atom is -0.481 e. The molecule has 0 rings (SSSR count). The van der Waals surface area contributed by atoms with Crippen molar-refractivity contribution in [2.75, 3.05) is 192 Å². The summed E-state index contributed by atoms with van der Waals surface area (Å²) in [6.45, 7) is 13.5. The molecular weight excluding hydrogens is 865 g/mol. The Labute approximate surface area is 384 Å². The average molecular weight is 952 g/mol. The minimum atomic E-state index is -4.14. The van der Waals surface area contributed by atoms with Gasteiger partial charge in [-0.1, -0.05) is 51.9 Å². The number of carbonyl (C=O) groups excluding carboxylic acids is 1. The number of hydrogen-bond acceptors (Lipinski definition) is 16. The molecule has 0 aliphatic carbocycles. The lowest BCUT2D eigenvalue weighted by Crippen LogP contribution is -2.49. The van der Waals surface area contributed by atoms with Crippen LogP contribution in [0.25, 0.3) is 0 Å². The van der Waals surface area contributed by atoms with Crippen LogP contribution in [0.5, 0.6) is 0 Å². The molecular formula is C43H87N2O18S+. The number of carboxylic acid groups (broad SMARTS) is 1. The van der Waals surface area contributed by atoms with Gasteiger partial charge in [0.2, 0.25) is 0 Å². The van der Waals surface area contributed by atoms with Crippen molar-refractivity contribution in [3.8, 4) is 0 Å². The fourth-order valence-electron chi connectivity index (χ4n) is 5.73. The van der Waals surface area contributed by atoms with Crippen LogP contribution in [-0.4, -0.2) is 232 Å². The van der Waals surface area contributed by atoms with Gasteiger partial charge in [0.05, 0.1) is 191 Å². The molecule has 0 aliphatic heterocycles. The highest BCUT2D eigenvalue weighted by Gasteiger charge is 2.28. The number of quaternary nitrogens is 1. The Morgan fingerprint density at radius 3 is 1.12 bits per heavy atom. The molecule has 382 valence electrons. The third kappa shape index (κ3) is 48.3. The van der Waals surface area contributed by atoms with Crippen LogP contribution < -0.4 is 5.32 Å². The summed E-state index contributed by atoms with van der Waals surface area (Å²) in [5.74, 6) is -1.03. The molecule has 3 N–H and O–H groups in total. The summed E-state index contributed by atoms with van der Waals surface area (Å²) in [6, 6.07) is 0. The molecule has 0 fully saturated rings. The van der Waals surface area contributed by atoms with Gasteiger partial charge in [-0.2, -0.15) is 8.42 Å². The third-order valence-electron chi connectivity index (χ3n) is 9.30. The van der Waals surface area contributed by atoms with E-state index in [4.69, 9.17) is 61.9 Å². The van der Waals surface area contributed by atoms with Crippen molar-refractivity contribution < 1.29 is 89.0 Å². The normalized spacial score (nSPS) is 12.6. The van der Waals surface area contributed by atoms with Gasteiger partial charge in [0.1, 0.15) is 0 Å². The molecule has 0 heterocycles. The van der Waals surface area contributed by atoms with Gasteiger partial charge in [0, 0.05) is 13.0 Å². The zero-order chi connectivity index (χ0) is 47.1. The predicted octanol–water partition coefficient (Wildman–Crippen LogP) is 2.64. The van der Waals surface area contributed by atoms with Gasteiger partial charge in [-0.25, -0.2) is 0 Å². The number of aliphatic carboxylic acids is 1. The van der Waals surface area contributed by atoms with Gasteiger partial charge in [0.25, 0.3) is 16.0 Å². The van der Waals surface area contributed by atoms with Crippen LogP contribution in [0.1, 0.15) is 71.1 Å². The third-order valence-corrected chi connectivity index (χ3v) is 10.6. The fraction of sp³-hybridized carbons (Fsp3) is 0.953. The molecule has 0 aliphatic rings. The first-order valence-electron chi connectivity index (χ1n) is 23.2. The van der Waals surface area contributed by atoms with Crippen molar-refractivity contribution >= 4 is 22.0 Å². The number of likely N-dealkylation sites (N-methyl/N-ethyl adjacent to an activating group) is 1. The topological polar surface area (TPSA) is 232 Å². The largest absolute Gasteiger partial charge is 0.481 e. The van der Waals surface area contributed by atoms with Crippen molar-refractivity contribution in [2.45, 2.75) is 76.4 Å². The molecule has 1 atom stereocenters. The number of nitrogens with one attached hydrogen (secondary N) is 1. The van der Waals surface area contributed by atoms with E-state index in [2.05, 4.69) is 12.2 Å². The van der Waals surface area contributed by atoms with Gasteiger partial charge >= 0.3 is 5.97 Å². The van der Waals surface area contributed by atoms with E-state index < -0.39 is 21.3 Å². The molecule has 0 aromatic carbocycles. The molecule has 21 heteroatoms. The maximum Gasteiger partial charge on any atom is 0.305 e. The predicted molar refractivity (Wildman–Crippen MR) is 239 cm³/mol. The van der Waals surface area contributed by atoms with Crippen LogP contribution in [0.2, 0.25) is 0 Å². The monoisotopic (exact) mass is 952 g/mol. The smallest absolute Gasteiger partial charge is 0.305 e. The molecule has 0 saturated carbocycles. The van der Waals surface area contributed by atoms with Crippen molar-refractivity contribution in [2.24, 2.45) is 0 Å². The van der Waals surface area contributed by atoms with E-state index >= 15 is 0 Å². The molecule has 0 aromatic rings. The highest BCUT2D eigenvalue weighted by molar-refractivity contribution is 7.86. The summed E-state index contributed by atoms with van der Waals surface area (Å²) in [5, 5.41) is 10.6. The van der Waals surface area contributed by atoms with Crippen LogP contribution in [0.3, 0.4) is 0 Å². The van der Waals surface area contributed by atoms with Crippen molar-refractivity contribution in [3.63, 3.8) is 0 Å². The number of carboxylic acids is 1. The second-order valence-electron chi connectivity index (χ2n) is 15.5. The van der Waals surface area contributed by atoms with Gasteiger partial charge in [-0.05, 0) is 6.42 Å². The van der Waals surface area contributed by atoms with Crippen molar-refractivity contribution in [1.29, 1.82) is 0 Å². The molecule has 0 aromatic heterocycles. The first kappa shape index (κ1) is 62.3. The van der Waals surface area contributed by atoms with E-state index in [9.17, 15) is 22.6 Å². The van der Waals surface area contributed by atoms with Crippen LogP contribution in [-0.2, 0) is 76.5 Å². The Kier molecular flexibility index (Phi) is 45.2. The lowest BCUT2D eigenvalue weighted by atomic mass is 10.1. The van der Waals surface area contributed by atoms with Gasteiger partial charge < -0.3 is 71.7 Å². The number of unbranched alkanes of at least 4 members (excludes halogenated alkanes) is 6. The summed E-state index contributed by atoms with van der Waals surface area (Å²) in [5.41, 5.74) is 0. The SMILES string of the molecule is CCCCCCCCCC(CC[N+](C)(C)CC(=O)NCCOCCOCCOCCOCCOCCOCCOCCOCCOCCOCCOCCOCCC(=O)O)S(=O)(=O)O. The number of rotatable bonds is 53. The number of carbonyl (C=O) groups is 2. The molecule has 1 unspecified atom stereocenters. The Balaban J connectivity index is 3.41. The van der Waals surface area contributed by atoms with E-state index in [1.165, 1.54) is 19.3 Å². The zero-order valence-electron chi connectivity index (χ0n) is 39.5. The fourth-order valence-corrected chi connectivity index (χ4v) is 6.60. The Morgan fingerprint density at radius 2 is 0.797 bits per heavy atom. The van der Waals surface area contributed by atoms with E-state index in [0.717, 1.165) is 25.7 Å². The Hall–Kier alpha value is -1.67. The highest BCUT2D eigenvalue weighted by atomic mass is 32.2.